The molecule has 0 radical (unpaired) electrons. The molecule has 0 spiro atoms. The number of aromatic nitrogens is 5. The van der Waals surface area contributed by atoms with E-state index in [4.69, 9.17) is 31.2 Å². The first-order valence-corrected chi connectivity index (χ1v) is 15.8. The van der Waals surface area contributed by atoms with E-state index in [1.807, 2.05) is 0 Å². The summed E-state index contributed by atoms with van der Waals surface area (Å²) in [5, 5.41) is 41.8. The van der Waals surface area contributed by atoms with E-state index >= 15 is 0 Å². The standard InChI is InChI=1S/C21H28N8O14P2/c22-11-2-1-8(18(24)34)3-28(11)20-15(32)13(30)9(41-20)4-39-44(35,36)43-45(37,38)40-5-10-14(31)16(33)21(42-10)29-7-27-12-17(23)25-6-26-19(12)29/h1-3,6-7,9-10,13-16,20-22,30-33H,4-5H2,(H6,23,24,25,26,34,35,36,37,38)/p+1/t9-,10-,13-,14-,15-,16-,20-,21-/m1/s1. The lowest BCUT2D eigenvalue weighted by molar-refractivity contribution is -0.753. The van der Waals surface area contributed by atoms with Gasteiger partial charge in [0.25, 0.3) is 11.7 Å². The lowest BCUT2D eigenvalue weighted by atomic mass is 10.1. The Bertz CT molecular complexity index is 1680. The number of hydrogen-bond acceptors (Lipinski definition) is 17. The molecule has 2 unspecified atom stereocenters. The highest BCUT2D eigenvalue weighted by Crippen LogP contribution is 2.60. The second-order valence-corrected chi connectivity index (χ2v) is 12.9. The number of fused-ring (bicyclic) bond motifs is 1. The molecule has 2 aliphatic heterocycles. The number of aliphatic hydroxyl groups is 4. The van der Waals surface area contributed by atoms with E-state index in [2.05, 4.69) is 23.8 Å². The smallest absolute Gasteiger partial charge is 0.387 e. The average molecular weight is 679 g/mol. The molecule has 24 heteroatoms. The Morgan fingerprint density at radius 2 is 1.56 bits per heavy atom. The van der Waals surface area contributed by atoms with Gasteiger partial charge in [0.15, 0.2) is 17.7 Å². The number of phosphoric acid groups is 2. The predicted molar refractivity (Wildman–Crippen MR) is 144 cm³/mol. The van der Waals surface area contributed by atoms with Gasteiger partial charge in [0.2, 0.25) is 6.23 Å². The third-order valence-electron chi connectivity index (χ3n) is 6.91. The summed E-state index contributed by atoms with van der Waals surface area (Å²) in [7, 11) is -10.8. The van der Waals surface area contributed by atoms with Crippen molar-refractivity contribution in [3.63, 3.8) is 0 Å². The van der Waals surface area contributed by atoms with E-state index in [9.17, 15) is 44.1 Å². The molecule has 2 fully saturated rings. The van der Waals surface area contributed by atoms with E-state index in [1.165, 1.54) is 23.0 Å². The number of imidazole rings is 1. The van der Waals surface area contributed by atoms with Crippen molar-refractivity contribution in [3.8, 4) is 0 Å². The van der Waals surface area contributed by atoms with Crippen molar-refractivity contribution in [1.82, 2.24) is 19.5 Å². The predicted octanol–water partition coefficient (Wildman–Crippen LogP) is -3.43. The first kappa shape index (κ1) is 33.2. The fourth-order valence-corrected chi connectivity index (χ4v) is 6.75. The second kappa shape index (κ2) is 12.5. The molecule has 3 aromatic heterocycles. The number of aliphatic hydroxyl groups excluding tert-OH is 4. The van der Waals surface area contributed by atoms with Crippen LogP contribution in [0, 0.1) is 0 Å². The van der Waals surface area contributed by atoms with Crippen molar-refractivity contribution >= 4 is 44.4 Å². The van der Waals surface area contributed by atoms with Gasteiger partial charge in [-0.1, -0.05) is 0 Å². The number of nitrogens with zero attached hydrogens (tertiary/aromatic N) is 5. The highest BCUT2D eigenvalue weighted by Gasteiger charge is 2.49. The van der Waals surface area contributed by atoms with Gasteiger partial charge in [0.1, 0.15) is 54.7 Å². The van der Waals surface area contributed by atoms with Crippen LogP contribution in [-0.2, 0) is 32.0 Å². The first-order chi connectivity index (χ1) is 21.1. The molecule has 0 saturated carbocycles. The third-order valence-corrected chi connectivity index (χ3v) is 9.52. The van der Waals surface area contributed by atoms with E-state index in [-0.39, 0.29) is 28.4 Å². The summed E-state index contributed by atoms with van der Waals surface area (Å²) in [5.41, 5.74) is 17.2. The molecule has 2 saturated heterocycles. The van der Waals surface area contributed by atoms with Crippen LogP contribution in [0.15, 0.2) is 31.0 Å². The number of pyridine rings is 1. The van der Waals surface area contributed by atoms with E-state index < -0.39 is 83.8 Å². The number of carbonyl (C=O) groups is 1. The van der Waals surface area contributed by atoms with Crippen LogP contribution in [0.5, 0.6) is 0 Å². The average Bonchev–Trinajstić information content (AvgIpc) is 3.61. The topological polar surface area (TPSA) is 344 Å². The van der Waals surface area contributed by atoms with Crippen LogP contribution in [0.3, 0.4) is 0 Å². The largest absolute Gasteiger partial charge is 0.481 e. The molecule has 3 aromatic rings. The van der Waals surface area contributed by atoms with E-state index in [0.29, 0.717) is 0 Å². The number of rotatable bonds is 11. The zero-order valence-electron chi connectivity index (χ0n) is 22.7. The Morgan fingerprint density at radius 1 is 0.933 bits per heavy atom. The molecule has 1 amide bonds. The van der Waals surface area contributed by atoms with Crippen molar-refractivity contribution < 1.29 is 71.5 Å². The number of anilines is 2. The van der Waals surface area contributed by atoms with Gasteiger partial charge in [0, 0.05) is 6.07 Å². The second-order valence-electron chi connectivity index (χ2n) is 9.90. The minimum atomic E-state index is -5.40. The summed E-state index contributed by atoms with van der Waals surface area (Å²) in [6.45, 7) is -1.85. The molecule has 0 aliphatic carbocycles. The minimum absolute atomic E-state index is 0.000379. The van der Waals surface area contributed by atoms with E-state index in [0.717, 1.165) is 17.1 Å². The molecule has 12 N–H and O–H groups in total. The lowest BCUT2D eigenvalue weighted by Gasteiger charge is -2.20. The first-order valence-electron chi connectivity index (χ1n) is 12.8. The van der Waals surface area contributed by atoms with Crippen molar-refractivity contribution in [2.24, 2.45) is 5.73 Å². The summed E-state index contributed by atoms with van der Waals surface area (Å²) < 4.78 is 51.9. The third kappa shape index (κ3) is 6.83. The highest BCUT2D eigenvalue weighted by atomic mass is 31.3. The molecule has 246 valence electrons. The fraction of sp³-hybridized carbons (Fsp3) is 0.476. The number of ether oxygens (including phenoxy) is 2. The molecule has 22 nitrogen and oxygen atoms in total. The number of primary amides is 1. The van der Waals surface area contributed by atoms with Crippen LogP contribution in [0.2, 0.25) is 0 Å². The number of amides is 1. The molecule has 2 aliphatic rings. The van der Waals surface area contributed by atoms with Gasteiger partial charge in [-0.15, -0.1) is 0 Å². The Hall–Kier alpha value is -3.21. The maximum Gasteiger partial charge on any atom is 0.481 e. The molecule has 0 aromatic carbocycles. The van der Waals surface area contributed by atoms with Crippen molar-refractivity contribution in [1.29, 1.82) is 0 Å². The van der Waals surface area contributed by atoms with Crippen LogP contribution in [-0.4, -0.2) is 105 Å². The van der Waals surface area contributed by atoms with E-state index in [1.54, 1.807) is 0 Å². The van der Waals surface area contributed by atoms with Gasteiger partial charge in [-0.05, 0) is 6.07 Å². The molecular weight excluding hydrogens is 650 g/mol. The van der Waals surface area contributed by atoms with Crippen LogP contribution in [0.25, 0.3) is 11.2 Å². The van der Waals surface area contributed by atoms with Gasteiger partial charge >= 0.3 is 15.6 Å². The molecule has 45 heavy (non-hydrogen) atoms. The number of phosphoric ester groups is 2. The SMILES string of the molecule is NC(=O)c1ccc(N)[n+]([C@@H]2O[C@H](COP(=O)(O)OP(=O)(O)OC[C@H]3O[C@@H](n4cnc5c(N)ncnc54)[C@H](O)[C@@H]3O)[C@@H](O)[C@H]2O)c1. The van der Waals surface area contributed by atoms with Crippen LogP contribution < -0.4 is 21.8 Å². The van der Waals surface area contributed by atoms with Crippen molar-refractivity contribution in [2.45, 2.75) is 49.1 Å². The number of nitrogen functional groups attached to an aromatic ring is 2. The molecular formula is C21H29N8O14P2+. The van der Waals surface area contributed by atoms with Gasteiger partial charge in [-0.3, -0.25) is 24.1 Å². The quantitative estimate of drug-likeness (QED) is 0.0703. The van der Waals surface area contributed by atoms with Gasteiger partial charge in [-0.2, -0.15) is 4.31 Å². The molecule has 10 atom stereocenters. The normalized spacial score (nSPS) is 31.2. The monoisotopic (exact) mass is 679 g/mol. The Balaban J connectivity index is 1.17. The maximum absolute atomic E-state index is 12.4. The van der Waals surface area contributed by atoms with Crippen LogP contribution in [0.4, 0.5) is 11.6 Å². The zero-order valence-corrected chi connectivity index (χ0v) is 24.5. The van der Waals surface area contributed by atoms with Crippen molar-refractivity contribution in [2.75, 3.05) is 24.7 Å². The summed E-state index contributed by atoms with van der Waals surface area (Å²) in [4.78, 5) is 43.4. The maximum atomic E-state index is 12.4. The van der Waals surface area contributed by atoms with Gasteiger partial charge in [0.05, 0.1) is 25.1 Å². The molecule has 0 bridgehead atoms. The summed E-state index contributed by atoms with van der Waals surface area (Å²) >= 11 is 0. The van der Waals surface area contributed by atoms with Crippen LogP contribution in [0.1, 0.15) is 22.8 Å². The fourth-order valence-electron chi connectivity index (χ4n) is 4.66. The van der Waals surface area contributed by atoms with Gasteiger partial charge < -0.3 is 51.2 Å². The number of carbonyl (C=O) groups excluding carboxylic acids is 1. The highest BCUT2D eigenvalue weighted by molar-refractivity contribution is 7.61. The Kier molecular flexibility index (Phi) is 9.23. The van der Waals surface area contributed by atoms with Crippen LogP contribution >= 0.6 is 15.6 Å². The Morgan fingerprint density at radius 3 is 2.20 bits per heavy atom. The summed E-state index contributed by atoms with van der Waals surface area (Å²) in [6.07, 6.45) is -8.73. The minimum Gasteiger partial charge on any atom is -0.387 e. The van der Waals surface area contributed by atoms with Crippen molar-refractivity contribution in [3.05, 3.63) is 36.5 Å². The zero-order chi connectivity index (χ0) is 32.8. The lowest BCUT2D eigenvalue weighted by Crippen LogP contribution is -2.48. The number of nitrogens with two attached hydrogens (primary N) is 3. The number of hydrogen-bond donors (Lipinski definition) is 9. The summed E-state index contributed by atoms with van der Waals surface area (Å²) in [5.74, 6) is -0.771. The summed E-state index contributed by atoms with van der Waals surface area (Å²) in [6, 6.07) is 2.61. The molecule has 5 heterocycles. The molecule has 5 rings (SSSR count). The van der Waals surface area contributed by atoms with Gasteiger partial charge in [-0.25, -0.2) is 28.6 Å². The Labute approximate surface area is 251 Å².